The summed E-state index contributed by atoms with van der Waals surface area (Å²) >= 11 is 0. The van der Waals surface area contributed by atoms with Crippen molar-refractivity contribution in [1.29, 1.82) is 5.26 Å². The molecule has 1 aliphatic heterocycles. The summed E-state index contributed by atoms with van der Waals surface area (Å²) in [6.45, 7) is 4.70. The van der Waals surface area contributed by atoms with Crippen molar-refractivity contribution in [1.82, 2.24) is 10.2 Å². The first-order chi connectivity index (χ1) is 8.98. The fourth-order valence-electron chi connectivity index (χ4n) is 2.56. The Labute approximate surface area is 116 Å². The average molecular weight is 266 g/mol. The largest absolute Gasteiger partial charge is 0.359 e. The number of carbonyl (C=O) groups is 1. The van der Waals surface area contributed by atoms with E-state index in [1.54, 1.807) is 14.0 Å². The molecular formula is C14H26N4O. The number of rotatable bonds is 6. The molecule has 0 saturated carbocycles. The molecule has 1 aliphatic rings. The van der Waals surface area contributed by atoms with Gasteiger partial charge in [-0.2, -0.15) is 5.26 Å². The van der Waals surface area contributed by atoms with Crippen LogP contribution in [0, 0.1) is 17.2 Å². The van der Waals surface area contributed by atoms with Gasteiger partial charge < -0.3 is 16.0 Å². The highest BCUT2D eigenvalue weighted by molar-refractivity contribution is 5.78. The second-order valence-corrected chi connectivity index (χ2v) is 5.74. The predicted molar refractivity (Wildman–Crippen MR) is 75.3 cm³/mol. The highest BCUT2D eigenvalue weighted by Crippen LogP contribution is 2.17. The summed E-state index contributed by atoms with van der Waals surface area (Å²) in [4.78, 5) is 14.0. The summed E-state index contributed by atoms with van der Waals surface area (Å²) in [5, 5.41) is 11.6. The third kappa shape index (κ3) is 5.58. The van der Waals surface area contributed by atoms with Crippen molar-refractivity contribution in [3.8, 4) is 6.07 Å². The van der Waals surface area contributed by atoms with Gasteiger partial charge in [0.25, 0.3) is 0 Å². The monoisotopic (exact) mass is 266 g/mol. The van der Waals surface area contributed by atoms with Gasteiger partial charge in [-0.25, -0.2) is 0 Å². The topological polar surface area (TPSA) is 82.2 Å². The molecule has 1 fully saturated rings. The molecule has 0 aliphatic carbocycles. The number of nitrogens with two attached hydrogens (primary N) is 1. The third-order valence-electron chi connectivity index (χ3n) is 3.80. The van der Waals surface area contributed by atoms with E-state index in [9.17, 15) is 4.79 Å². The molecule has 0 aromatic carbocycles. The minimum Gasteiger partial charge on any atom is -0.359 e. The van der Waals surface area contributed by atoms with E-state index >= 15 is 0 Å². The number of hydrogen-bond donors (Lipinski definition) is 2. The number of hydrogen-bond acceptors (Lipinski definition) is 4. The van der Waals surface area contributed by atoms with E-state index in [2.05, 4.69) is 16.3 Å². The fraction of sp³-hybridized carbons (Fsp3) is 0.857. The number of nitrogens with one attached hydrogen (secondary N) is 1. The van der Waals surface area contributed by atoms with E-state index in [4.69, 9.17) is 11.0 Å². The van der Waals surface area contributed by atoms with Crippen molar-refractivity contribution in [3.63, 3.8) is 0 Å². The van der Waals surface area contributed by atoms with Gasteiger partial charge in [0.1, 0.15) is 5.54 Å². The summed E-state index contributed by atoms with van der Waals surface area (Å²) in [6, 6.07) is 2.12. The molecule has 1 amide bonds. The normalized spacial score (nSPS) is 23.4. The molecule has 5 heteroatoms. The lowest BCUT2D eigenvalue weighted by Crippen LogP contribution is -2.42. The van der Waals surface area contributed by atoms with Gasteiger partial charge in [0, 0.05) is 13.6 Å². The second-order valence-electron chi connectivity index (χ2n) is 5.74. The summed E-state index contributed by atoms with van der Waals surface area (Å²) in [5.74, 6) is 0.293. The second kappa shape index (κ2) is 7.46. The molecule has 1 rings (SSSR count). The molecule has 2 atom stereocenters. The van der Waals surface area contributed by atoms with Crippen LogP contribution in [0.3, 0.4) is 0 Å². The Balaban J connectivity index is 2.23. The maximum Gasteiger partial charge on any atom is 0.224 e. The minimum atomic E-state index is -0.702. The zero-order valence-corrected chi connectivity index (χ0v) is 12.1. The van der Waals surface area contributed by atoms with Crippen molar-refractivity contribution < 1.29 is 4.79 Å². The molecule has 0 spiro atoms. The predicted octanol–water partition coefficient (Wildman–Crippen LogP) is 0.856. The minimum absolute atomic E-state index is 0.137. The summed E-state index contributed by atoms with van der Waals surface area (Å²) in [5.41, 5.74) is 5.09. The Bertz CT molecular complexity index is 335. The molecule has 1 saturated heterocycles. The molecule has 0 aromatic rings. The van der Waals surface area contributed by atoms with Crippen molar-refractivity contribution in [3.05, 3.63) is 0 Å². The van der Waals surface area contributed by atoms with Crippen molar-refractivity contribution >= 4 is 5.91 Å². The third-order valence-corrected chi connectivity index (χ3v) is 3.80. The maximum atomic E-state index is 11.6. The standard InChI is InChI=1S/C14H26N4O/c1-14(16,11-15)7-3-4-8-18-9-5-6-12(10-18)13(19)17-2/h12H,3-10,16H2,1-2H3,(H,17,19). The zero-order chi connectivity index (χ0) is 14.3. The van der Waals surface area contributed by atoms with Crippen molar-refractivity contribution in [2.75, 3.05) is 26.7 Å². The molecule has 2 unspecified atom stereocenters. The van der Waals surface area contributed by atoms with Crippen molar-refractivity contribution in [2.24, 2.45) is 11.7 Å². The number of nitriles is 1. The number of piperidine rings is 1. The number of amides is 1. The van der Waals surface area contributed by atoms with E-state index in [1.165, 1.54) is 0 Å². The zero-order valence-electron chi connectivity index (χ0n) is 12.1. The van der Waals surface area contributed by atoms with Crippen LogP contribution < -0.4 is 11.1 Å². The van der Waals surface area contributed by atoms with Crippen molar-refractivity contribution in [2.45, 2.75) is 44.6 Å². The molecule has 0 radical (unpaired) electrons. The van der Waals surface area contributed by atoms with Gasteiger partial charge in [-0.15, -0.1) is 0 Å². The maximum absolute atomic E-state index is 11.6. The van der Waals surface area contributed by atoms with E-state index in [-0.39, 0.29) is 11.8 Å². The Morgan fingerprint density at radius 1 is 1.58 bits per heavy atom. The first kappa shape index (κ1) is 15.9. The van der Waals surface area contributed by atoms with Crippen LogP contribution in [0.15, 0.2) is 0 Å². The van der Waals surface area contributed by atoms with Crippen LogP contribution in [-0.4, -0.2) is 43.0 Å². The van der Waals surface area contributed by atoms with Crippen LogP contribution in [0.2, 0.25) is 0 Å². The first-order valence-electron chi connectivity index (χ1n) is 7.12. The van der Waals surface area contributed by atoms with Gasteiger partial charge in [-0.05, 0) is 52.1 Å². The quantitative estimate of drug-likeness (QED) is 0.698. The Morgan fingerprint density at radius 3 is 2.95 bits per heavy atom. The number of carbonyl (C=O) groups excluding carboxylic acids is 1. The summed E-state index contributed by atoms with van der Waals surface area (Å²) in [7, 11) is 1.70. The molecule has 0 bridgehead atoms. The van der Waals surface area contributed by atoms with E-state index in [0.717, 1.165) is 51.7 Å². The molecule has 1 heterocycles. The molecular weight excluding hydrogens is 240 g/mol. The first-order valence-corrected chi connectivity index (χ1v) is 7.12. The van der Waals surface area contributed by atoms with Crippen LogP contribution in [0.1, 0.15) is 39.0 Å². The van der Waals surface area contributed by atoms with E-state index in [1.807, 2.05) is 0 Å². The summed E-state index contributed by atoms with van der Waals surface area (Å²) in [6.07, 6.45) is 4.81. The SMILES string of the molecule is CNC(=O)C1CCCN(CCCCC(C)(N)C#N)C1. The molecule has 3 N–H and O–H groups in total. The Morgan fingerprint density at radius 2 is 2.32 bits per heavy atom. The molecule has 19 heavy (non-hydrogen) atoms. The lowest BCUT2D eigenvalue weighted by atomic mass is 9.96. The molecule has 5 nitrogen and oxygen atoms in total. The van der Waals surface area contributed by atoms with Crippen LogP contribution in [0.25, 0.3) is 0 Å². The Kier molecular flexibility index (Phi) is 6.26. The van der Waals surface area contributed by atoms with Crippen LogP contribution >= 0.6 is 0 Å². The van der Waals surface area contributed by atoms with Gasteiger partial charge >= 0.3 is 0 Å². The van der Waals surface area contributed by atoms with E-state index in [0.29, 0.717) is 0 Å². The number of nitrogens with zero attached hydrogens (tertiary/aromatic N) is 2. The van der Waals surface area contributed by atoms with Gasteiger partial charge in [-0.3, -0.25) is 4.79 Å². The molecule has 0 aromatic heterocycles. The van der Waals surface area contributed by atoms with Crippen LogP contribution in [0.5, 0.6) is 0 Å². The van der Waals surface area contributed by atoms with Crippen LogP contribution in [0.4, 0.5) is 0 Å². The lowest BCUT2D eigenvalue weighted by Gasteiger charge is -2.31. The number of likely N-dealkylation sites (tertiary alicyclic amines) is 1. The lowest BCUT2D eigenvalue weighted by molar-refractivity contribution is -0.126. The molecule has 108 valence electrons. The Hall–Kier alpha value is -1.12. The van der Waals surface area contributed by atoms with E-state index < -0.39 is 5.54 Å². The smallest absolute Gasteiger partial charge is 0.224 e. The van der Waals surface area contributed by atoms with Gasteiger partial charge in [-0.1, -0.05) is 0 Å². The highest BCUT2D eigenvalue weighted by Gasteiger charge is 2.24. The summed E-state index contributed by atoms with van der Waals surface area (Å²) < 4.78 is 0. The van der Waals surface area contributed by atoms with Gasteiger partial charge in [0.15, 0.2) is 0 Å². The highest BCUT2D eigenvalue weighted by atomic mass is 16.1. The average Bonchev–Trinajstić information content (AvgIpc) is 2.43. The van der Waals surface area contributed by atoms with Gasteiger partial charge in [0.2, 0.25) is 5.91 Å². The van der Waals surface area contributed by atoms with Gasteiger partial charge in [0.05, 0.1) is 12.0 Å². The van der Waals surface area contributed by atoms with Crippen LogP contribution in [-0.2, 0) is 4.79 Å². The fourth-order valence-corrected chi connectivity index (χ4v) is 2.56. The number of unbranched alkanes of at least 4 members (excludes halogenated alkanes) is 1.